The van der Waals surface area contributed by atoms with Crippen molar-refractivity contribution in [2.75, 3.05) is 25.7 Å². The molecule has 1 unspecified atom stereocenters. The van der Waals surface area contributed by atoms with Gasteiger partial charge in [-0.05, 0) is 71.7 Å². The van der Waals surface area contributed by atoms with Gasteiger partial charge in [-0.25, -0.2) is 0 Å². The van der Waals surface area contributed by atoms with E-state index in [4.69, 9.17) is 13.7 Å². The highest BCUT2D eigenvalue weighted by atomic mass is 32.2. The van der Waals surface area contributed by atoms with Gasteiger partial charge in [0.2, 0.25) is 0 Å². The van der Waals surface area contributed by atoms with Gasteiger partial charge in [-0.1, -0.05) is 36.4 Å². The molecule has 3 rings (SSSR count). The Morgan fingerprint density at radius 3 is 2.03 bits per heavy atom. The van der Waals surface area contributed by atoms with E-state index in [1.165, 1.54) is 7.11 Å². The van der Waals surface area contributed by atoms with Crippen LogP contribution in [0.1, 0.15) is 16.7 Å². The molecule has 0 saturated heterocycles. The van der Waals surface area contributed by atoms with E-state index < -0.39 is 10.1 Å². The maximum absolute atomic E-state index is 12.3. The van der Waals surface area contributed by atoms with E-state index in [-0.39, 0.29) is 22.7 Å². The van der Waals surface area contributed by atoms with Crippen LogP contribution in [0.3, 0.4) is 0 Å². The van der Waals surface area contributed by atoms with E-state index in [2.05, 4.69) is 0 Å². The van der Waals surface area contributed by atoms with E-state index in [0.29, 0.717) is 25.2 Å². The molecule has 0 heterocycles. The van der Waals surface area contributed by atoms with Crippen molar-refractivity contribution >= 4 is 27.8 Å². The van der Waals surface area contributed by atoms with Gasteiger partial charge in [0.25, 0.3) is 0 Å². The van der Waals surface area contributed by atoms with Gasteiger partial charge in [0.1, 0.15) is 22.5 Å². The zero-order chi connectivity index (χ0) is 26.0. The number of aromatic hydroxyl groups is 1. The molecule has 1 atom stereocenters. The van der Waals surface area contributed by atoms with Crippen LogP contribution in [-0.4, -0.2) is 50.5 Å². The number of methoxy groups -OCH3 is 1. The first-order valence-electron chi connectivity index (χ1n) is 11.4. The third kappa shape index (κ3) is 9.47. The van der Waals surface area contributed by atoms with Crippen LogP contribution in [0.25, 0.3) is 0 Å². The van der Waals surface area contributed by atoms with E-state index >= 15 is 0 Å². The average Bonchev–Trinajstić information content (AvgIpc) is 2.85. The van der Waals surface area contributed by atoms with Crippen LogP contribution >= 0.6 is 11.8 Å². The maximum atomic E-state index is 12.3. The first kappa shape index (κ1) is 27.4. The van der Waals surface area contributed by atoms with Crippen molar-refractivity contribution in [1.29, 1.82) is 0 Å². The molecule has 1 N–H and O–H groups in total. The van der Waals surface area contributed by atoms with Gasteiger partial charge >= 0.3 is 16.1 Å². The lowest BCUT2D eigenvalue weighted by atomic mass is 10.1. The molecule has 0 aliphatic rings. The molecule has 192 valence electrons. The SMILES string of the molecule is COC(=O)C(Cc1ccc(CCOc2ccc(OS(C)(=O)=O)cc2)cc1)SCCc1ccc(O)cc1. The van der Waals surface area contributed by atoms with Crippen molar-refractivity contribution < 1.29 is 32.0 Å². The summed E-state index contributed by atoms with van der Waals surface area (Å²) in [5.74, 6) is 1.63. The first-order chi connectivity index (χ1) is 17.2. The fraction of sp³-hybridized carbons (Fsp3) is 0.296. The van der Waals surface area contributed by atoms with Gasteiger partial charge in [-0.2, -0.15) is 8.42 Å². The normalized spacial score (nSPS) is 12.1. The Labute approximate surface area is 216 Å². The third-order valence-corrected chi connectivity index (χ3v) is 6.98. The number of hydrogen-bond acceptors (Lipinski definition) is 8. The lowest BCUT2D eigenvalue weighted by Gasteiger charge is -2.15. The fourth-order valence-electron chi connectivity index (χ4n) is 3.43. The van der Waals surface area contributed by atoms with Gasteiger partial charge in [-0.15, -0.1) is 11.8 Å². The number of benzene rings is 3. The van der Waals surface area contributed by atoms with Crippen molar-refractivity contribution in [2.45, 2.75) is 24.5 Å². The molecular formula is C27H30O7S2. The number of carbonyl (C=O) groups is 1. The minimum atomic E-state index is -3.55. The Hall–Kier alpha value is -3.17. The van der Waals surface area contributed by atoms with Crippen molar-refractivity contribution in [3.63, 3.8) is 0 Å². The van der Waals surface area contributed by atoms with Crippen LogP contribution < -0.4 is 8.92 Å². The summed E-state index contributed by atoms with van der Waals surface area (Å²) in [6.45, 7) is 0.462. The number of carbonyl (C=O) groups excluding carboxylic acids is 1. The molecule has 0 saturated carbocycles. The number of phenols is 1. The topological polar surface area (TPSA) is 99.1 Å². The Morgan fingerprint density at radius 2 is 1.42 bits per heavy atom. The van der Waals surface area contributed by atoms with Crippen LogP contribution in [0.2, 0.25) is 0 Å². The zero-order valence-corrected chi connectivity index (χ0v) is 21.9. The largest absolute Gasteiger partial charge is 0.508 e. The predicted octanol–water partition coefficient (Wildman–Crippen LogP) is 4.41. The lowest BCUT2D eigenvalue weighted by molar-refractivity contribution is -0.139. The molecule has 3 aromatic carbocycles. The number of ether oxygens (including phenoxy) is 2. The van der Waals surface area contributed by atoms with Crippen LogP contribution in [0, 0.1) is 0 Å². The number of phenolic OH excluding ortho intramolecular Hbond substituents is 1. The molecule has 0 aliphatic heterocycles. The summed E-state index contributed by atoms with van der Waals surface area (Å²) in [7, 11) is -2.15. The molecule has 0 spiro atoms. The first-order valence-corrected chi connectivity index (χ1v) is 14.3. The van der Waals surface area contributed by atoms with Gasteiger partial charge in [0.05, 0.1) is 20.0 Å². The highest BCUT2D eigenvalue weighted by molar-refractivity contribution is 8.00. The van der Waals surface area contributed by atoms with Crippen molar-refractivity contribution in [3.8, 4) is 17.2 Å². The van der Waals surface area contributed by atoms with E-state index in [0.717, 1.165) is 35.1 Å². The molecule has 0 bridgehead atoms. The summed E-state index contributed by atoms with van der Waals surface area (Å²) >= 11 is 1.57. The van der Waals surface area contributed by atoms with Crippen LogP contribution in [0.5, 0.6) is 17.2 Å². The molecule has 0 radical (unpaired) electrons. The summed E-state index contributed by atoms with van der Waals surface area (Å²) < 4.78 is 37.9. The van der Waals surface area contributed by atoms with E-state index in [9.17, 15) is 18.3 Å². The van der Waals surface area contributed by atoms with Gasteiger partial charge in [-0.3, -0.25) is 4.79 Å². The van der Waals surface area contributed by atoms with Gasteiger partial charge in [0, 0.05) is 6.42 Å². The summed E-state index contributed by atoms with van der Waals surface area (Å²) in [5.41, 5.74) is 3.26. The van der Waals surface area contributed by atoms with E-state index in [1.54, 1.807) is 48.2 Å². The van der Waals surface area contributed by atoms with Crippen molar-refractivity contribution in [1.82, 2.24) is 0 Å². The highest BCUT2D eigenvalue weighted by Crippen LogP contribution is 2.22. The Morgan fingerprint density at radius 1 is 0.861 bits per heavy atom. The standard InChI is InChI=1S/C27H30O7S2/c1-32-27(29)26(35-18-16-21-7-9-23(28)10-8-21)19-22-5-3-20(4-6-22)15-17-33-24-11-13-25(14-12-24)34-36(2,30)31/h3-14,26,28H,15-19H2,1-2H3. The number of hydrogen-bond donors (Lipinski definition) is 1. The fourth-order valence-corrected chi connectivity index (χ4v) is 5.07. The summed E-state index contributed by atoms with van der Waals surface area (Å²) in [5, 5.41) is 9.11. The van der Waals surface area contributed by atoms with Crippen LogP contribution in [-0.2, 0) is 38.9 Å². The Balaban J connectivity index is 1.46. The molecule has 36 heavy (non-hydrogen) atoms. The molecular weight excluding hydrogens is 500 g/mol. The predicted molar refractivity (Wildman–Crippen MR) is 141 cm³/mol. The highest BCUT2D eigenvalue weighted by Gasteiger charge is 2.20. The molecule has 0 fully saturated rings. The second kappa shape index (κ2) is 13.2. The number of thioether (sulfide) groups is 1. The Bertz CT molecular complexity index is 1210. The summed E-state index contributed by atoms with van der Waals surface area (Å²) in [6, 6.07) is 21.6. The minimum Gasteiger partial charge on any atom is -0.508 e. The molecule has 3 aromatic rings. The lowest BCUT2D eigenvalue weighted by Crippen LogP contribution is -2.22. The van der Waals surface area contributed by atoms with Crippen molar-refractivity contribution in [2.24, 2.45) is 0 Å². The zero-order valence-electron chi connectivity index (χ0n) is 20.3. The number of rotatable bonds is 13. The molecule has 9 heteroatoms. The number of esters is 1. The summed E-state index contributed by atoms with van der Waals surface area (Å²) in [6.07, 6.45) is 3.07. The van der Waals surface area contributed by atoms with Crippen LogP contribution in [0.15, 0.2) is 72.8 Å². The van der Waals surface area contributed by atoms with Gasteiger partial charge < -0.3 is 18.8 Å². The molecule has 0 amide bonds. The van der Waals surface area contributed by atoms with E-state index in [1.807, 2.05) is 36.4 Å². The van der Waals surface area contributed by atoms with Gasteiger partial charge in [0.15, 0.2) is 0 Å². The second-order valence-corrected chi connectivity index (χ2v) is 11.1. The Kier molecular flexibility index (Phi) is 10.1. The second-order valence-electron chi connectivity index (χ2n) is 8.18. The molecule has 7 nitrogen and oxygen atoms in total. The van der Waals surface area contributed by atoms with Crippen LogP contribution in [0.4, 0.5) is 0 Å². The summed E-state index contributed by atoms with van der Waals surface area (Å²) in [4.78, 5) is 12.3. The smallest absolute Gasteiger partial charge is 0.319 e. The minimum absolute atomic E-state index is 0.240. The molecule has 0 aliphatic carbocycles. The average molecular weight is 531 g/mol. The maximum Gasteiger partial charge on any atom is 0.319 e. The molecule has 0 aromatic heterocycles. The van der Waals surface area contributed by atoms with Crippen molar-refractivity contribution in [3.05, 3.63) is 89.5 Å². The monoisotopic (exact) mass is 530 g/mol. The number of aryl methyl sites for hydroxylation is 1. The third-order valence-electron chi connectivity index (χ3n) is 5.29. The quantitative estimate of drug-likeness (QED) is 0.256.